The van der Waals surface area contributed by atoms with E-state index in [0.29, 0.717) is 5.92 Å². The van der Waals surface area contributed by atoms with Crippen molar-refractivity contribution in [1.82, 2.24) is 9.47 Å². The van der Waals surface area contributed by atoms with E-state index in [2.05, 4.69) is 27.8 Å². The third-order valence-corrected chi connectivity index (χ3v) is 4.57. The Morgan fingerprint density at radius 1 is 1.21 bits per heavy atom. The van der Waals surface area contributed by atoms with Gasteiger partial charge in [0.2, 0.25) is 0 Å². The predicted molar refractivity (Wildman–Crippen MR) is 98.6 cm³/mol. The van der Waals surface area contributed by atoms with E-state index in [0.717, 1.165) is 44.8 Å². The quantitative estimate of drug-likeness (QED) is 0.751. The fourth-order valence-electron chi connectivity index (χ4n) is 3.20. The second-order valence-corrected chi connectivity index (χ2v) is 6.90. The Morgan fingerprint density at radius 2 is 1.86 bits per heavy atom. The van der Waals surface area contributed by atoms with Crippen LogP contribution < -0.4 is 0 Å². The standard InChI is InChI=1S/C18H23FN2O.C2HF3O2/c1-22-10-8-16-12-20(11-15-4-6-17(19)7-5-15)14-18-3-2-9-21(18)13-16;3-2(4,5)1(6)7/h2-7,9,16H,8,10-14H2,1H3;(H,6,7). The molecule has 0 bridgehead atoms. The van der Waals surface area contributed by atoms with Gasteiger partial charge in [-0.1, -0.05) is 12.1 Å². The highest BCUT2D eigenvalue weighted by atomic mass is 19.4. The summed E-state index contributed by atoms with van der Waals surface area (Å²) in [5, 5.41) is 7.12. The van der Waals surface area contributed by atoms with Crippen LogP contribution in [0, 0.1) is 11.7 Å². The van der Waals surface area contributed by atoms with Gasteiger partial charge in [-0.2, -0.15) is 13.2 Å². The first-order valence-electron chi connectivity index (χ1n) is 9.09. The van der Waals surface area contributed by atoms with Gasteiger partial charge in [-0.05, 0) is 42.2 Å². The molecule has 1 aromatic carbocycles. The summed E-state index contributed by atoms with van der Waals surface area (Å²) in [4.78, 5) is 11.3. The number of carboxylic acid groups (broad SMARTS) is 1. The molecule has 1 N–H and O–H groups in total. The fourth-order valence-corrected chi connectivity index (χ4v) is 3.20. The van der Waals surface area contributed by atoms with Gasteiger partial charge in [0, 0.05) is 51.8 Å². The molecule has 0 fully saturated rings. The Bertz CT molecular complexity index is 775. The molecule has 0 radical (unpaired) electrons. The van der Waals surface area contributed by atoms with Crippen LogP contribution in [0.3, 0.4) is 0 Å². The lowest BCUT2D eigenvalue weighted by Crippen LogP contribution is -2.28. The summed E-state index contributed by atoms with van der Waals surface area (Å²) in [5.74, 6) is -2.35. The molecule has 29 heavy (non-hydrogen) atoms. The molecule has 0 spiro atoms. The highest BCUT2D eigenvalue weighted by molar-refractivity contribution is 5.73. The summed E-state index contributed by atoms with van der Waals surface area (Å²) in [6, 6.07) is 11.1. The number of aromatic nitrogens is 1. The molecule has 5 nitrogen and oxygen atoms in total. The Morgan fingerprint density at radius 3 is 2.45 bits per heavy atom. The van der Waals surface area contributed by atoms with Crippen LogP contribution in [0.25, 0.3) is 0 Å². The number of hydrogen-bond donors (Lipinski definition) is 1. The van der Waals surface area contributed by atoms with Gasteiger partial charge in [0.05, 0.1) is 0 Å². The zero-order chi connectivity index (χ0) is 21.4. The van der Waals surface area contributed by atoms with E-state index in [1.54, 1.807) is 7.11 Å². The second kappa shape index (κ2) is 10.4. The second-order valence-electron chi connectivity index (χ2n) is 6.90. The van der Waals surface area contributed by atoms with Crippen LogP contribution >= 0.6 is 0 Å². The van der Waals surface area contributed by atoms with E-state index in [-0.39, 0.29) is 5.82 Å². The van der Waals surface area contributed by atoms with Crippen molar-refractivity contribution in [3.63, 3.8) is 0 Å². The van der Waals surface area contributed by atoms with Crippen molar-refractivity contribution in [3.8, 4) is 0 Å². The number of halogens is 4. The third kappa shape index (κ3) is 7.51. The molecule has 3 rings (SSSR count). The number of carbonyl (C=O) groups is 1. The summed E-state index contributed by atoms with van der Waals surface area (Å²) in [7, 11) is 1.76. The SMILES string of the molecule is COCCC1CN(Cc2ccc(F)cc2)Cc2cccn2C1.O=C(O)C(F)(F)F. The number of ether oxygens (including phenoxy) is 1. The summed E-state index contributed by atoms with van der Waals surface area (Å²) < 4.78 is 52.4. The van der Waals surface area contributed by atoms with Crippen LogP contribution in [-0.2, 0) is 29.2 Å². The van der Waals surface area contributed by atoms with E-state index in [1.807, 2.05) is 12.1 Å². The van der Waals surface area contributed by atoms with Gasteiger partial charge in [0.1, 0.15) is 5.82 Å². The van der Waals surface area contributed by atoms with Gasteiger partial charge in [-0.3, -0.25) is 4.90 Å². The molecule has 2 heterocycles. The normalized spacial score (nSPS) is 17.1. The summed E-state index contributed by atoms with van der Waals surface area (Å²) >= 11 is 0. The maximum absolute atomic E-state index is 13.1. The smallest absolute Gasteiger partial charge is 0.475 e. The lowest BCUT2D eigenvalue weighted by atomic mass is 10.1. The van der Waals surface area contributed by atoms with Gasteiger partial charge < -0.3 is 14.4 Å². The molecule has 160 valence electrons. The molecular weight excluding hydrogens is 392 g/mol. The van der Waals surface area contributed by atoms with Crippen LogP contribution in [0.15, 0.2) is 42.6 Å². The maximum Gasteiger partial charge on any atom is 0.490 e. The molecule has 1 unspecified atom stereocenters. The first kappa shape index (κ1) is 22.9. The van der Waals surface area contributed by atoms with Crippen molar-refractivity contribution in [2.75, 3.05) is 20.3 Å². The average Bonchev–Trinajstić information content (AvgIpc) is 3.01. The van der Waals surface area contributed by atoms with E-state index in [1.165, 1.54) is 17.8 Å². The Labute approximate surface area is 166 Å². The van der Waals surface area contributed by atoms with Crippen molar-refractivity contribution in [2.24, 2.45) is 5.92 Å². The Balaban J connectivity index is 0.000000370. The first-order chi connectivity index (χ1) is 13.7. The number of methoxy groups -OCH3 is 1. The number of aliphatic carboxylic acids is 1. The summed E-state index contributed by atoms with van der Waals surface area (Å²) in [6.45, 7) is 4.68. The summed E-state index contributed by atoms with van der Waals surface area (Å²) in [5.41, 5.74) is 2.51. The van der Waals surface area contributed by atoms with E-state index in [4.69, 9.17) is 14.6 Å². The topological polar surface area (TPSA) is 54.7 Å². The minimum absolute atomic E-state index is 0.175. The number of fused-ring (bicyclic) bond motifs is 1. The molecule has 1 aliphatic heterocycles. The van der Waals surface area contributed by atoms with Crippen LogP contribution in [0.1, 0.15) is 17.7 Å². The Hall–Kier alpha value is -2.39. The van der Waals surface area contributed by atoms with Crippen molar-refractivity contribution in [3.05, 3.63) is 59.7 Å². The number of benzene rings is 1. The van der Waals surface area contributed by atoms with Gasteiger partial charge in [0.25, 0.3) is 0 Å². The molecule has 1 aliphatic rings. The van der Waals surface area contributed by atoms with E-state index in [9.17, 15) is 17.6 Å². The van der Waals surface area contributed by atoms with Crippen LogP contribution in [0.4, 0.5) is 17.6 Å². The lowest BCUT2D eigenvalue weighted by molar-refractivity contribution is -0.192. The maximum atomic E-state index is 13.1. The van der Waals surface area contributed by atoms with Crippen molar-refractivity contribution >= 4 is 5.97 Å². The van der Waals surface area contributed by atoms with Gasteiger partial charge >= 0.3 is 12.1 Å². The zero-order valence-corrected chi connectivity index (χ0v) is 16.0. The van der Waals surface area contributed by atoms with Crippen molar-refractivity contribution < 1.29 is 32.2 Å². The molecular formula is C20H24F4N2O3. The van der Waals surface area contributed by atoms with E-state index < -0.39 is 12.1 Å². The number of hydrogen-bond acceptors (Lipinski definition) is 3. The van der Waals surface area contributed by atoms with Gasteiger partial charge in [-0.15, -0.1) is 0 Å². The molecule has 9 heteroatoms. The summed E-state index contributed by atoms with van der Waals surface area (Å²) in [6.07, 6.45) is -1.86. The number of carboxylic acids is 1. The molecule has 1 aromatic heterocycles. The number of nitrogens with zero attached hydrogens (tertiary/aromatic N) is 2. The fraction of sp³-hybridized carbons (Fsp3) is 0.450. The zero-order valence-electron chi connectivity index (χ0n) is 16.0. The van der Waals surface area contributed by atoms with Crippen LogP contribution in [0.5, 0.6) is 0 Å². The van der Waals surface area contributed by atoms with Crippen molar-refractivity contribution in [2.45, 2.75) is 32.2 Å². The molecule has 0 saturated carbocycles. The van der Waals surface area contributed by atoms with Crippen LogP contribution in [0.2, 0.25) is 0 Å². The Kier molecular flexibility index (Phi) is 8.21. The minimum Gasteiger partial charge on any atom is -0.475 e. The molecule has 0 saturated heterocycles. The van der Waals surface area contributed by atoms with Crippen molar-refractivity contribution in [1.29, 1.82) is 0 Å². The highest BCUT2D eigenvalue weighted by Crippen LogP contribution is 2.21. The third-order valence-electron chi connectivity index (χ3n) is 4.57. The highest BCUT2D eigenvalue weighted by Gasteiger charge is 2.38. The minimum atomic E-state index is -5.08. The lowest BCUT2D eigenvalue weighted by Gasteiger charge is -2.24. The number of rotatable bonds is 5. The van der Waals surface area contributed by atoms with Crippen LogP contribution in [-0.4, -0.2) is 47.0 Å². The monoisotopic (exact) mass is 416 g/mol. The molecule has 1 atom stereocenters. The molecule has 0 amide bonds. The molecule has 2 aromatic rings. The number of alkyl halides is 3. The largest absolute Gasteiger partial charge is 0.490 e. The average molecular weight is 416 g/mol. The first-order valence-corrected chi connectivity index (χ1v) is 9.09. The van der Waals surface area contributed by atoms with Gasteiger partial charge in [-0.25, -0.2) is 9.18 Å². The molecule has 0 aliphatic carbocycles. The predicted octanol–water partition coefficient (Wildman–Crippen LogP) is 3.93. The van der Waals surface area contributed by atoms with Gasteiger partial charge in [0.15, 0.2) is 0 Å². The van der Waals surface area contributed by atoms with E-state index >= 15 is 0 Å².